The number of fused-ring (bicyclic) bond motifs is 5. The van der Waals surface area contributed by atoms with Crippen molar-refractivity contribution in [2.45, 2.75) is 33.1 Å². The van der Waals surface area contributed by atoms with E-state index in [1.807, 2.05) is 13.8 Å². The van der Waals surface area contributed by atoms with E-state index in [1.165, 1.54) is 4.90 Å². The van der Waals surface area contributed by atoms with Crippen LogP contribution in [0.3, 0.4) is 0 Å². The molecule has 1 saturated heterocycles. The molecule has 3 aliphatic rings. The van der Waals surface area contributed by atoms with Crippen LogP contribution in [0.1, 0.15) is 43.5 Å². The number of hydrogen-bond acceptors (Lipinski definition) is 4. The fourth-order valence-corrected chi connectivity index (χ4v) is 4.81. The number of nitrogens with zero attached hydrogens (tertiary/aromatic N) is 1. The fraction of sp³-hybridized carbons (Fsp3) is 0.550. The summed E-state index contributed by atoms with van der Waals surface area (Å²) in [6.07, 6.45) is 3.08. The monoisotopic (exact) mass is 341 g/mol. The van der Waals surface area contributed by atoms with Crippen molar-refractivity contribution in [1.82, 2.24) is 0 Å². The van der Waals surface area contributed by atoms with Crippen LogP contribution >= 0.6 is 0 Å². The smallest absolute Gasteiger partial charge is 0.340 e. The van der Waals surface area contributed by atoms with Gasteiger partial charge in [0.1, 0.15) is 0 Å². The van der Waals surface area contributed by atoms with Gasteiger partial charge in [0, 0.05) is 0 Å². The van der Waals surface area contributed by atoms with Crippen LogP contribution in [-0.2, 0) is 14.3 Å². The van der Waals surface area contributed by atoms with Crippen molar-refractivity contribution in [3.8, 4) is 0 Å². The largest absolute Gasteiger partial charge is 0.462 e. The average Bonchev–Trinajstić information content (AvgIpc) is 3.27. The minimum absolute atomic E-state index is 0.133. The highest BCUT2D eigenvalue weighted by Gasteiger charge is 2.61. The molecule has 132 valence electrons. The van der Waals surface area contributed by atoms with E-state index >= 15 is 0 Å². The Morgan fingerprint density at radius 2 is 1.72 bits per heavy atom. The standard InChI is InChI=1S/C20H23NO4/c1-11(2)10-25-20(24)14-5-3-4-6-15(14)21-18(22)16-12-7-8-13(9-12)17(16)19(21)23/h3-6,11-13,16-17H,7-10H2,1-2H3/t12-,13-,16+,17+/m0/s1. The van der Waals surface area contributed by atoms with Crippen molar-refractivity contribution in [2.24, 2.45) is 29.6 Å². The fourth-order valence-electron chi connectivity index (χ4n) is 4.81. The average molecular weight is 341 g/mol. The highest BCUT2D eigenvalue weighted by molar-refractivity contribution is 6.24. The molecular formula is C20H23NO4. The Hall–Kier alpha value is -2.17. The minimum Gasteiger partial charge on any atom is -0.462 e. The summed E-state index contributed by atoms with van der Waals surface area (Å²) in [5.41, 5.74) is 0.664. The van der Waals surface area contributed by atoms with E-state index in [-0.39, 0.29) is 35.1 Å². The maximum absolute atomic E-state index is 13.0. The lowest BCUT2D eigenvalue weighted by atomic mass is 9.81. The molecule has 1 aromatic rings. The van der Waals surface area contributed by atoms with Crippen molar-refractivity contribution in [2.75, 3.05) is 11.5 Å². The van der Waals surface area contributed by atoms with E-state index in [1.54, 1.807) is 24.3 Å². The normalized spacial score (nSPS) is 30.3. The first-order valence-corrected chi connectivity index (χ1v) is 9.13. The quantitative estimate of drug-likeness (QED) is 0.624. The third kappa shape index (κ3) is 2.48. The summed E-state index contributed by atoms with van der Waals surface area (Å²) >= 11 is 0. The van der Waals surface area contributed by atoms with Gasteiger partial charge in [-0.2, -0.15) is 0 Å². The van der Waals surface area contributed by atoms with Crippen LogP contribution in [0.4, 0.5) is 5.69 Å². The molecule has 2 aliphatic carbocycles. The maximum atomic E-state index is 13.0. The lowest BCUT2D eigenvalue weighted by Gasteiger charge is -2.20. The number of esters is 1. The van der Waals surface area contributed by atoms with E-state index in [9.17, 15) is 14.4 Å². The molecule has 1 heterocycles. The number of carbonyl (C=O) groups excluding carboxylic acids is 3. The number of rotatable bonds is 4. The van der Waals surface area contributed by atoms with Gasteiger partial charge in [0.2, 0.25) is 11.8 Å². The van der Waals surface area contributed by atoms with Crippen LogP contribution in [0.15, 0.2) is 24.3 Å². The van der Waals surface area contributed by atoms with E-state index in [0.29, 0.717) is 24.1 Å². The van der Waals surface area contributed by atoms with Gasteiger partial charge in [0.15, 0.2) is 0 Å². The maximum Gasteiger partial charge on any atom is 0.340 e. The number of imide groups is 1. The summed E-state index contributed by atoms with van der Waals surface area (Å²) in [5, 5.41) is 0. The summed E-state index contributed by atoms with van der Waals surface area (Å²) < 4.78 is 5.32. The lowest BCUT2D eigenvalue weighted by molar-refractivity contribution is -0.123. The van der Waals surface area contributed by atoms with Gasteiger partial charge >= 0.3 is 5.97 Å². The van der Waals surface area contributed by atoms with Crippen molar-refractivity contribution in [3.05, 3.63) is 29.8 Å². The molecule has 2 bridgehead atoms. The molecule has 4 rings (SSSR count). The zero-order valence-corrected chi connectivity index (χ0v) is 14.6. The molecule has 2 saturated carbocycles. The molecular weight excluding hydrogens is 318 g/mol. The highest BCUT2D eigenvalue weighted by atomic mass is 16.5. The number of ether oxygens (including phenoxy) is 1. The minimum atomic E-state index is -0.482. The second kappa shape index (κ2) is 5.97. The van der Waals surface area contributed by atoms with Crippen LogP contribution in [0.25, 0.3) is 0 Å². The SMILES string of the molecule is CC(C)COC(=O)c1ccccc1N1C(=O)[C@@H]2[C@H]3CC[C@@H](C3)[C@H]2C1=O. The number of anilines is 1. The predicted octanol–water partition coefficient (Wildman–Crippen LogP) is 3.03. The molecule has 5 nitrogen and oxygen atoms in total. The molecule has 4 atom stereocenters. The van der Waals surface area contributed by atoms with Crippen molar-refractivity contribution in [1.29, 1.82) is 0 Å². The van der Waals surface area contributed by atoms with Gasteiger partial charge in [-0.3, -0.25) is 9.59 Å². The Bertz CT molecular complexity index is 713. The third-order valence-electron chi connectivity index (χ3n) is 5.84. The lowest BCUT2D eigenvalue weighted by Crippen LogP contribution is -2.34. The Morgan fingerprint density at radius 1 is 1.12 bits per heavy atom. The van der Waals surface area contributed by atoms with Gasteiger partial charge in [-0.1, -0.05) is 26.0 Å². The molecule has 2 amide bonds. The first-order valence-electron chi connectivity index (χ1n) is 9.13. The van der Waals surface area contributed by atoms with E-state index in [0.717, 1.165) is 19.3 Å². The van der Waals surface area contributed by atoms with Crippen molar-refractivity contribution in [3.63, 3.8) is 0 Å². The van der Waals surface area contributed by atoms with Crippen LogP contribution in [0.5, 0.6) is 0 Å². The molecule has 0 unspecified atom stereocenters. The van der Waals surface area contributed by atoms with Gasteiger partial charge in [0.25, 0.3) is 0 Å². The van der Waals surface area contributed by atoms with E-state index in [4.69, 9.17) is 4.74 Å². The Kier molecular flexibility index (Phi) is 3.89. The second-order valence-electron chi connectivity index (χ2n) is 7.91. The van der Waals surface area contributed by atoms with Crippen LogP contribution in [0.2, 0.25) is 0 Å². The number of para-hydroxylation sites is 1. The Labute approximate surface area is 147 Å². The van der Waals surface area contributed by atoms with Gasteiger partial charge < -0.3 is 4.74 Å². The number of amides is 2. The number of benzene rings is 1. The van der Waals surface area contributed by atoms with Gasteiger partial charge in [-0.25, -0.2) is 9.69 Å². The predicted molar refractivity (Wildman–Crippen MR) is 91.9 cm³/mol. The molecule has 3 fully saturated rings. The molecule has 1 aliphatic heterocycles. The third-order valence-corrected chi connectivity index (χ3v) is 5.84. The molecule has 0 radical (unpaired) electrons. The number of hydrogen-bond donors (Lipinski definition) is 0. The summed E-state index contributed by atoms with van der Waals surface area (Å²) in [4.78, 5) is 39.7. The van der Waals surface area contributed by atoms with Crippen molar-refractivity contribution < 1.29 is 19.1 Å². The topological polar surface area (TPSA) is 63.7 Å². The highest BCUT2D eigenvalue weighted by Crippen LogP contribution is 2.56. The van der Waals surface area contributed by atoms with E-state index in [2.05, 4.69) is 0 Å². The first-order chi connectivity index (χ1) is 12.0. The van der Waals surface area contributed by atoms with E-state index < -0.39 is 5.97 Å². The summed E-state index contributed by atoms with van der Waals surface area (Å²) in [7, 11) is 0. The molecule has 0 N–H and O–H groups in total. The van der Waals surface area contributed by atoms with Crippen molar-refractivity contribution >= 4 is 23.5 Å². The zero-order valence-electron chi connectivity index (χ0n) is 14.6. The van der Waals surface area contributed by atoms with Gasteiger partial charge in [-0.15, -0.1) is 0 Å². The van der Waals surface area contributed by atoms with Gasteiger partial charge in [0.05, 0.1) is 29.7 Å². The second-order valence-corrected chi connectivity index (χ2v) is 7.91. The molecule has 1 aromatic carbocycles. The Balaban J connectivity index is 1.65. The summed E-state index contributed by atoms with van der Waals surface area (Å²) in [6.45, 7) is 4.23. The molecule has 5 heteroatoms. The summed E-state index contributed by atoms with van der Waals surface area (Å²) in [5.74, 6) is -0.242. The van der Waals surface area contributed by atoms with Crippen LogP contribution in [0, 0.1) is 29.6 Å². The molecule has 0 aromatic heterocycles. The van der Waals surface area contributed by atoms with Gasteiger partial charge in [-0.05, 0) is 49.1 Å². The van der Waals surface area contributed by atoms with Crippen LogP contribution < -0.4 is 4.90 Å². The molecule has 25 heavy (non-hydrogen) atoms. The number of carbonyl (C=O) groups is 3. The first kappa shape index (κ1) is 16.3. The molecule has 0 spiro atoms. The zero-order chi connectivity index (χ0) is 17.7. The summed E-state index contributed by atoms with van der Waals surface area (Å²) in [6, 6.07) is 6.77. The van der Waals surface area contributed by atoms with Crippen LogP contribution in [-0.4, -0.2) is 24.4 Å². The Morgan fingerprint density at radius 3 is 2.32 bits per heavy atom.